The molecule has 0 aliphatic carbocycles. The van der Waals surface area contributed by atoms with Crippen LogP contribution in [-0.2, 0) is 4.79 Å². The van der Waals surface area contributed by atoms with Crippen molar-refractivity contribution in [3.05, 3.63) is 0 Å². The maximum absolute atomic E-state index is 11.2. The fourth-order valence-electron chi connectivity index (χ4n) is 2.09. The summed E-state index contributed by atoms with van der Waals surface area (Å²) in [5, 5.41) is 6.31. The van der Waals surface area contributed by atoms with Gasteiger partial charge in [0.05, 0.1) is 6.54 Å². The largest absolute Gasteiger partial charge is 0.358 e. The van der Waals surface area contributed by atoms with E-state index in [0.29, 0.717) is 12.6 Å². The van der Waals surface area contributed by atoms with Crippen LogP contribution in [0.4, 0.5) is 0 Å². The first-order valence-electron chi connectivity index (χ1n) is 6.82. The molecule has 4 heteroatoms. The Bertz CT molecular complexity index is 225. The zero-order valence-electron chi connectivity index (χ0n) is 11.5. The van der Waals surface area contributed by atoms with Crippen molar-refractivity contribution in [2.45, 2.75) is 39.2 Å². The molecular weight excluding hydrogens is 214 g/mol. The SMILES string of the molecule is CCC(C)CNC1CCN(CC(=O)NC)CC1. The van der Waals surface area contributed by atoms with Crippen LogP contribution >= 0.6 is 0 Å². The summed E-state index contributed by atoms with van der Waals surface area (Å²) in [7, 11) is 1.70. The van der Waals surface area contributed by atoms with Crippen LogP contribution in [0.2, 0.25) is 0 Å². The molecule has 17 heavy (non-hydrogen) atoms. The molecule has 1 fully saturated rings. The summed E-state index contributed by atoms with van der Waals surface area (Å²) < 4.78 is 0. The van der Waals surface area contributed by atoms with Gasteiger partial charge in [-0.2, -0.15) is 0 Å². The minimum absolute atomic E-state index is 0.121. The lowest BCUT2D eigenvalue weighted by Gasteiger charge is -2.32. The lowest BCUT2D eigenvalue weighted by molar-refractivity contribution is -0.122. The molecule has 1 saturated heterocycles. The maximum atomic E-state index is 11.2. The normalized spacial score (nSPS) is 20.2. The Balaban J connectivity index is 2.15. The van der Waals surface area contributed by atoms with Crippen molar-refractivity contribution < 1.29 is 4.79 Å². The molecule has 100 valence electrons. The number of nitrogens with zero attached hydrogens (tertiary/aromatic N) is 1. The van der Waals surface area contributed by atoms with E-state index >= 15 is 0 Å². The van der Waals surface area contributed by atoms with E-state index in [1.807, 2.05) is 0 Å². The van der Waals surface area contributed by atoms with E-state index in [1.54, 1.807) is 7.05 Å². The second-order valence-corrected chi connectivity index (χ2v) is 5.15. The van der Waals surface area contributed by atoms with Gasteiger partial charge in [-0.3, -0.25) is 9.69 Å². The summed E-state index contributed by atoms with van der Waals surface area (Å²) in [6.07, 6.45) is 3.56. The Kier molecular flexibility index (Phi) is 6.52. The van der Waals surface area contributed by atoms with E-state index in [1.165, 1.54) is 6.42 Å². The van der Waals surface area contributed by atoms with Gasteiger partial charge in [-0.1, -0.05) is 20.3 Å². The molecule has 2 N–H and O–H groups in total. The van der Waals surface area contributed by atoms with Crippen LogP contribution in [0.1, 0.15) is 33.1 Å². The molecule has 1 aliphatic rings. The lowest BCUT2D eigenvalue weighted by Crippen LogP contribution is -2.46. The predicted octanol–water partition coefficient (Wildman–Crippen LogP) is 0.833. The molecule has 0 aromatic rings. The van der Waals surface area contributed by atoms with Gasteiger partial charge in [0.2, 0.25) is 5.91 Å². The average molecular weight is 241 g/mol. The quantitative estimate of drug-likeness (QED) is 0.724. The molecule has 1 rings (SSSR count). The molecule has 0 aromatic carbocycles. The minimum atomic E-state index is 0.121. The minimum Gasteiger partial charge on any atom is -0.358 e. The third-order valence-corrected chi connectivity index (χ3v) is 3.69. The molecule has 1 amide bonds. The summed E-state index contributed by atoms with van der Waals surface area (Å²) in [6, 6.07) is 0.643. The number of amides is 1. The zero-order chi connectivity index (χ0) is 12.7. The van der Waals surface area contributed by atoms with Crippen LogP contribution in [0, 0.1) is 5.92 Å². The summed E-state index contributed by atoms with van der Waals surface area (Å²) in [5.74, 6) is 0.884. The molecular formula is C13H27N3O. The van der Waals surface area contributed by atoms with Crippen molar-refractivity contribution in [2.24, 2.45) is 5.92 Å². The first-order chi connectivity index (χ1) is 8.15. The third-order valence-electron chi connectivity index (χ3n) is 3.69. The fourth-order valence-corrected chi connectivity index (χ4v) is 2.09. The van der Waals surface area contributed by atoms with E-state index in [-0.39, 0.29) is 5.91 Å². The van der Waals surface area contributed by atoms with Crippen molar-refractivity contribution in [3.8, 4) is 0 Å². The number of likely N-dealkylation sites (N-methyl/N-ethyl adjacent to an activating group) is 1. The molecule has 0 saturated carbocycles. The fraction of sp³-hybridized carbons (Fsp3) is 0.923. The van der Waals surface area contributed by atoms with Crippen LogP contribution in [0.3, 0.4) is 0 Å². The van der Waals surface area contributed by atoms with Gasteiger partial charge in [0, 0.05) is 26.2 Å². The van der Waals surface area contributed by atoms with Crippen molar-refractivity contribution in [1.82, 2.24) is 15.5 Å². The maximum Gasteiger partial charge on any atom is 0.233 e. The van der Waals surface area contributed by atoms with Crippen molar-refractivity contribution >= 4 is 5.91 Å². The molecule has 1 atom stereocenters. The summed E-state index contributed by atoms with van der Waals surface area (Å²) >= 11 is 0. The molecule has 0 aromatic heterocycles. The van der Waals surface area contributed by atoms with Crippen LogP contribution in [0.15, 0.2) is 0 Å². The van der Waals surface area contributed by atoms with Gasteiger partial charge in [-0.25, -0.2) is 0 Å². The van der Waals surface area contributed by atoms with E-state index in [0.717, 1.165) is 38.4 Å². The van der Waals surface area contributed by atoms with Crippen molar-refractivity contribution in [2.75, 3.05) is 33.2 Å². The van der Waals surface area contributed by atoms with E-state index < -0.39 is 0 Å². The third kappa shape index (κ3) is 5.50. The number of rotatable bonds is 6. The van der Waals surface area contributed by atoms with Crippen LogP contribution in [-0.4, -0.2) is 50.1 Å². The van der Waals surface area contributed by atoms with Gasteiger partial charge in [0.25, 0.3) is 0 Å². The smallest absolute Gasteiger partial charge is 0.233 e. The number of likely N-dealkylation sites (tertiary alicyclic amines) is 1. The number of carbonyl (C=O) groups excluding carboxylic acids is 1. The summed E-state index contributed by atoms with van der Waals surface area (Å²) in [6.45, 7) is 8.26. The molecule has 1 aliphatic heterocycles. The standard InChI is InChI=1S/C13H27N3O/c1-4-11(2)9-15-12-5-7-16(8-6-12)10-13(17)14-3/h11-12,15H,4-10H2,1-3H3,(H,14,17). The second kappa shape index (κ2) is 7.67. The van der Waals surface area contributed by atoms with Gasteiger partial charge >= 0.3 is 0 Å². The predicted molar refractivity (Wildman–Crippen MR) is 71.0 cm³/mol. The highest BCUT2D eigenvalue weighted by molar-refractivity contribution is 5.77. The average Bonchev–Trinajstić information content (AvgIpc) is 2.37. The van der Waals surface area contributed by atoms with E-state index in [4.69, 9.17) is 0 Å². The van der Waals surface area contributed by atoms with Gasteiger partial charge in [-0.05, 0) is 25.3 Å². The molecule has 1 unspecified atom stereocenters. The molecule has 0 bridgehead atoms. The van der Waals surface area contributed by atoms with Gasteiger partial charge in [-0.15, -0.1) is 0 Å². The van der Waals surface area contributed by atoms with Crippen molar-refractivity contribution in [1.29, 1.82) is 0 Å². The lowest BCUT2D eigenvalue weighted by atomic mass is 10.0. The number of nitrogens with one attached hydrogen (secondary N) is 2. The molecule has 4 nitrogen and oxygen atoms in total. The van der Waals surface area contributed by atoms with Crippen LogP contribution < -0.4 is 10.6 Å². The number of hydrogen-bond acceptors (Lipinski definition) is 3. The van der Waals surface area contributed by atoms with Crippen molar-refractivity contribution in [3.63, 3.8) is 0 Å². The number of carbonyl (C=O) groups is 1. The van der Waals surface area contributed by atoms with Gasteiger partial charge in [0.15, 0.2) is 0 Å². The first-order valence-corrected chi connectivity index (χ1v) is 6.82. The van der Waals surface area contributed by atoms with E-state index in [9.17, 15) is 4.79 Å². The number of piperidine rings is 1. The highest BCUT2D eigenvalue weighted by Crippen LogP contribution is 2.10. The first kappa shape index (κ1) is 14.5. The Morgan fingerprint density at radius 2 is 2.06 bits per heavy atom. The monoisotopic (exact) mass is 241 g/mol. The Labute approximate surface area is 105 Å². The van der Waals surface area contributed by atoms with Gasteiger partial charge < -0.3 is 10.6 Å². The van der Waals surface area contributed by atoms with E-state index in [2.05, 4.69) is 29.4 Å². The summed E-state index contributed by atoms with van der Waals surface area (Å²) in [5.41, 5.74) is 0. The molecule has 1 heterocycles. The highest BCUT2D eigenvalue weighted by Gasteiger charge is 2.20. The van der Waals surface area contributed by atoms with Crippen LogP contribution in [0.25, 0.3) is 0 Å². The molecule has 0 spiro atoms. The number of hydrogen-bond donors (Lipinski definition) is 2. The highest BCUT2D eigenvalue weighted by atomic mass is 16.1. The zero-order valence-corrected chi connectivity index (χ0v) is 11.5. The Morgan fingerprint density at radius 3 is 2.59 bits per heavy atom. The Hall–Kier alpha value is -0.610. The topological polar surface area (TPSA) is 44.4 Å². The summed E-state index contributed by atoms with van der Waals surface area (Å²) in [4.78, 5) is 13.5. The van der Waals surface area contributed by atoms with Crippen LogP contribution in [0.5, 0.6) is 0 Å². The second-order valence-electron chi connectivity index (χ2n) is 5.15. The molecule has 0 radical (unpaired) electrons. The van der Waals surface area contributed by atoms with Gasteiger partial charge in [0.1, 0.15) is 0 Å². The Morgan fingerprint density at radius 1 is 1.41 bits per heavy atom.